The molecule has 0 radical (unpaired) electrons. The van der Waals surface area contributed by atoms with E-state index in [9.17, 15) is 9.59 Å². The average Bonchev–Trinajstić information content (AvgIpc) is 2.72. The van der Waals surface area contributed by atoms with Gasteiger partial charge in [0.2, 0.25) is 11.8 Å². The lowest BCUT2D eigenvalue weighted by molar-refractivity contribution is -0.139. The van der Waals surface area contributed by atoms with E-state index in [4.69, 9.17) is 0 Å². The van der Waals surface area contributed by atoms with Gasteiger partial charge in [-0.25, -0.2) is 0 Å². The predicted molar refractivity (Wildman–Crippen MR) is 126 cm³/mol. The highest BCUT2D eigenvalue weighted by Gasteiger charge is 2.28. The number of carbonyl (C=O) groups excluding carboxylic acids is 2. The Balaban J connectivity index is 2.19. The van der Waals surface area contributed by atoms with Crippen LogP contribution in [0, 0.1) is 19.8 Å². The molecular weight excluding hydrogens is 392 g/mol. The average molecular weight is 427 g/mol. The molecule has 4 nitrogen and oxygen atoms in total. The minimum absolute atomic E-state index is 0.0182. The van der Waals surface area contributed by atoms with Crippen LogP contribution in [0.5, 0.6) is 0 Å². The largest absolute Gasteiger partial charge is 0.354 e. The second-order valence-corrected chi connectivity index (χ2v) is 9.16. The molecule has 1 N–H and O–H groups in total. The number of hydrogen-bond donors (Lipinski definition) is 1. The van der Waals surface area contributed by atoms with Crippen LogP contribution in [0.1, 0.15) is 43.9 Å². The molecule has 0 fully saturated rings. The van der Waals surface area contributed by atoms with Gasteiger partial charge in [0.05, 0.1) is 5.75 Å². The molecule has 0 saturated heterocycles. The normalized spacial score (nSPS) is 11.9. The van der Waals surface area contributed by atoms with Crippen LogP contribution < -0.4 is 5.32 Å². The summed E-state index contributed by atoms with van der Waals surface area (Å²) in [5.74, 6) is 0.580. The van der Waals surface area contributed by atoms with Crippen LogP contribution in [0.2, 0.25) is 0 Å². The van der Waals surface area contributed by atoms with Crippen LogP contribution in [0.15, 0.2) is 53.4 Å². The van der Waals surface area contributed by atoms with Crippen molar-refractivity contribution in [3.05, 3.63) is 65.2 Å². The molecule has 5 heteroatoms. The zero-order chi connectivity index (χ0) is 22.1. The summed E-state index contributed by atoms with van der Waals surface area (Å²) in [5.41, 5.74) is 3.39. The lowest BCUT2D eigenvalue weighted by atomic mass is 10.1. The van der Waals surface area contributed by atoms with Crippen LogP contribution in [0.3, 0.4) is 0 Å². The van der Waals surface area contributed by atoms with Gasteiger partial charge < -0.3 is 10.2 Å². The molecule has 1 atom stereocenters. The van der Waals surface area contributed by atoms with Crippen molar-refractivity contribution in [2.45, 2.75) is 58.5 Å². The van der Waals surface area contributed by atoms with Gasteiger partial charge in [-0.05, 0) is 49.4 Å². The van der Waals surface area contributed by atoms with Crippen LogP contribution in [0.25, 0.3) is 0 Å². The molecule has 0 saturated carbocycles. The molecule has 2 amide bonds. The lowest BCUT2D eigenvalue weighted by Crippen LogP contribution is -2.50. The summed E-state index contributed by atoms with van der Waals surface area (Å²) in [6, 6.07) is 15.7. The standard InChI is InChI=1S/C25H34N2O2S/c1-6-23(25(29)26-15-18(2)3)27(16-21-10-8-7-9-20(21)5)24(28)17-30-22-13-11-19(4)12-14-22/h7-14,18,23H,6,15-17H2,1-5H3,(H,26,29)/t23-/m0/s1. The van der Waals surface area contributed by atoms with Gasteiger partial charge in [0.1, 0.15) is 6.04 Å². The van der Waals surface area contributed by atoms with Gasteiger partial charge in [0.15, 0.2) is 0 Å². The zero-order valence-corrected chi connectivity index (χ0v) is 19.6. The number of rotatable bonds is 10. The van der Waals surface area contributed by atoms with E-state index in [1.54, 1.807) is 4.90 Å². The molecule has 2 aromatic rings. The van der Waals surface area contributed by atoms with E-state index in [0.717, 1.165) is 16.0 Å². The molecule has 0 heterocycles. The van der Waals surface area contributed by atoms with Crippen molar-refractivity contribution in [1.29, 1.82) is 0 Å². The van der Waals surface area contributed by atoms with Crippen molar-refractivity contribution in [2.24, 2.45) is 5.92 Å². The highest BCUT2D eigenvalue weighted by molar-refractivity contribution is 8.00. The second-order valence-electron chi connectivity index (χ2n) is 8.11. The molecule has 30 heavy (non-hydrogen) atoms. The first kappa shape index (κ1) is 24.0. The molecule has 0 aliphatic rings. The van der Waals surface area contributed by atoms with E-state index in [-0.39, 0.29) is 11.8 Å². The smallest absolute Gasteiger partial charge is 0.242 e. The van der Waals surface area contributed by atoms with Crippen molar-refractivity contribution < 1.29 is 9.59 Å². The third kappa shape index (κ3) is 7.21. The number of carbonyl (C=O) groups is 2. The summed E-state index contributed by atoms with van der Waals surface area (Å²) in [7, 11) is 0. The number of hydrogen-bond acceptors (Lipinski definition) is 3. The summed E-state index contributed by atoms with van der Waals surface area (Å²) in [6.45, 7) is 11.2. The zero-order valence-electron chi connectivity index (χ0n) is 18.8. The topological polar surface area (TPSA) is 49.4 Å². The fraction of sp³-hybridized carbons (Fsp3) is 0.440. The maximum Gasteiger partial charge on any atom is 0.242 e. The van der Waals surface area contributed by atoms with Crippen molar-refractivity contribution in [3.63, 3.8) is 0 Å². The molecular formula is C25H34N2O2S. The molecule has 162 valence electrons. The molecule has 0 aliphatic carbocycles. The number of aryl methyl sites for hydroxylation is 2. The summed E-state index contributed by atoms with van der Waals surface area (Å²) >= 11 is 1.52. The second kappa shape index (κ2) is 11.8. The summed E-state index contributed by atoms with van der Waals surface area (Å²) in [6.07, 6.45) is 0.580. The Morgan fingerprint density at radius 3 is 2.30 bits per heavy atom. The van der Waals surface area contributed by atoms with E-state index in [1.165, 1.54) is 17.3 Å². The molecule has 2 rings (SSSR count). The summed E-state index contributed by atoms with van der Waals surface area (Å²) < 4.78 is 0. The van der Waals surface area contributed by atoms with Crippen molar-refractivity contribution >= 4 is 23.6 Å². The highest BCUT2D eigenvalue weighted by Crippen LogP contribution is 2.21. The Morgan fingerprint density at radius 1 is 1.03 bits per heavy atom. The van der Waals surface area contributed by atoms with E-state index < -0.39 is 6.04 Å². The molecule has 0 bridgehead atoms. The van der Waals surface area contributed by atoms with Gasteiger partial charge >= 0.3 is 0 Å². The number of nitrogens with zero attached hydrogens (tertiary/aromatic N) is 1. The SMILES string of the molecule is CC[C@@H](C(=O)NCC(C)C)N(Cc1ccccc1C)C(=O)CSc1ccc(C)cc1. The van der Waals surface area contributed by atoms with Crippen LogP contribution in [0.4, 0.5) is 0 Å². The van der Waals surface area contributed by atoms with Gasteiger partial charge in [0, 0.05) is 18.0 Å². The van der Waals surface area contributed by atoms with Crippen LogP contribution in [-0.2, 0) is 16.1 Å². The quantitative estimate of drug-likeness (QED) is 0.546. The van der Waals surface area contributed by atoms with Crippen molar-refractivity contribution in [2.75, 3.05) is 12.3 Å². The highest BCUT2D eigenvalue weighted by atomic mass is 32.2. The first-order valence-corrected chi connectivity index (χ1v) is 11.6. The summed E-state index contributed by atoms with van der Waals surface area (Å²) in [5, 5.41) is 3.01. The lowest BCUT2D eigenvalue weighted by Gasteiger charge is -2.31. The number of thioether (sulfide) groups is 1. The monoisotopic (exact) mass is 426 g/mol. The fourth-order valence-electron chi connectivity index (χ4n) is 3.18. The number of nitrogens with one attached hydrogen (secondary N) is 1. The first-order valence-electron chi connectivity index (χ1n) is 10.6. The maximum absolute atomic E-state index is 13.3. The Morgan fingerprint density at radius 2 is 1.70 bits per heavy atom. The van der Waals surface area contributed by atoms with Crippen LogP contribution >= 0.6 is 11.8 Å². The molecule has 0 unspecified atom stereocenters. The Hall–Kier alpha value is -2.27. The van der Waals surface area contributed by atoms with Gasteiger partial charge in [-0.1, -0.05) is 62.7 Å². The van der Waals surface area contributed by atoms with Crippen LogP contribution in [-0.4, -0.2) is 35.1 Å². The third-order valence-corrected chi connectivity index (χ3v) is 6.05. The Bertz CT molecular complexity index is 833. The predicted octanol–water partition coefficient (Wildman–Crippen LogP) is 4.98. The van der Waals surface area contributed by atoms with E-state index in [0.29, 0.717) is 31.2 Å². The molecule has 2 aromatic carbocycles. The number of benzene rings is 2. The Kier molecular flexibility index (Phi) is 9.44. The maximum atomic E-state index is 13.3. The van der Waals surface area contributed by atoms with E-state index in [2.05, 4.69) is 19.2 Å². The molecule has 0 aliphatic heterocycles. The fourth-order valence-corrected chi connectivity index (χ4v) is 3.96. The first-order chi connectivity index (χ1) is 14.3. The Labute approximate surface area is 185 Å². The third-order valence-electron chi connectivity index (χ3n) is 5.06. The molecule has 0 spiro atoms. The van der Waals surface area contributed by atoms with Gasteiger partial charge in [-0.3, -0.25) is 9.59 Å². The van der Waals surface area contributed by atoms with Crippen molar-refractivity contribution in [1.82, 2.24) is 10.2 Å². The van der Waals surface area contributed by atoms with E-state index in [1.807, 2.05) is 69.3 Å². The number of amides is 2. The van der Waals surface area contributed by atoms with E-state index >= 15 is 0 Å². The molecule has 0 aromatic heterocycles. The van der Waals surface area contributed by atoms with Gasteiger partial charge in [-0.2, -0.15) is 0 Å². The van der Waals surface area contributed by atoms with Gasteiger partial charge in [-0.15, -0.1) is 11.8 Å². The van der Waals surface area contributed by atoms with Gasteiger partial charge in [0.25, 0.3) is 0 Å². The minimum atomic E-state index is -0.477. The minimum Gasteiger partial charge on any atom is -0.354 e. The summed E-state index contributed by atoms with van der Waals surface area (Å²) in [4.78, 5) is 29.0. The van der Waals surface area contributed by atoms with Crippen molar-refractivity contribution in [3.8, 4) is 0 Å².